The minimum Gasteiger partial charge on any atom is -0.351 e. The average molecular weight is 542 g/mol. The van der Waals surface area contributed by atoms with Gasteiger partial charge in [-0.15, -0.1) is 0 Å². The van der Waals surface area contributed by atoms with Gasteiger partial charge >= 0.3 is 0 Å². The van der Waals surface area contributed by atoms with E-state index in [9.17, 15) is 13.2 Å². The second kappa shape index (κ2) is 11.1. The van der Waals surface area contributed by atoms with Crippen LogP contribution in [0.25, 0.3) is 10.2 Å². The third kappa shape index (κ3) is 5.67. The molecule has 0 spiro atoms. The van der Waals surface area contributed by atoms with Crippen LogP contribution in [0.15, 0.2) is 47.4 Å². The third-order valence-electron chi connectivity index (χ3n) is 7.43. The molecule has 0 radical (unpaired) electrons. The Morgan fingerprint density at radius 2 is 1.81 bits per heavy atom. The summed E-state index contributed by atoms with van der Waals surface area (Å²) in [4.78, 5) is 22.5. The monoisotopic (exact) mass is 541 g/mol. The molecule has 0 bridgehead atoms. The number of nitrogens with zero attached hydrogens (tertiary/aromatic N) is 4. The zero-order valence-corrected chi connectivity index (χ0v) is 23.2. The normalized spacial score (nSPS) is 19.8. The number of piperazine rings is 1. The highest BCUT2D eigenvalue weighted by Gasteiger charge is 2.31. The van der Waals surface area contributed by atoms with Crippen molar-refractivity contribution in [2.75, 3.05) is 50.7 Å². The number of nitrogens with one attached hydrogen (secondary N) is 1. The van der Waals surface area contributed by atoms with Crippen molar-refractivity contribution in [2.45, 2.75) is 44.0 Å². The van der Waals surface area contributed by atoms with E-state index in [1.165, 1.54) is 10.3 Å². The van der Waals surface area contributed by atoms with Crippen LogP contribution in [0.3, 0.4) is 0 Å². The second-order valence-corrected chi connectivity index (χ2v) is 12.9. The van der Waals surface area contributed by atoms with Gasteiger partial charge in [-0.1, -0.05) is 29.9 Å². The van der Waals surface area contributed by atoms with Gasteiger partial charge in [0.25, 0.3) is 5.91 Å². The number of hydrogen-bond acceptors (Lipinski definition) is 7. The van der Waals surface area contributed by atoms with Gasteiger partial charge in [-0.3, -0.25) is 9.69 Å². The molecule has 2 aromatic carbocycles. The summed E-state index contributed by atoms with van der Waals surface area (Å²) in [6, 6.07) is 12.6. The van der Waals surface area contributed by atoms with Gasteiger partial charge in [0.2, 0.25) is 10.0 Å². The van der Waals surface area contributed by atoms with E-state index in [1.54, 1.807) is 39.9 Å². The highest BCUT2D eigenvalue weighted by atomic mass is 32.2. The van der Waals surface area contributed by atoms with E-state index in [0.717, 1.165) is 62.6 Å². The summed E-state index contributed by atoms with van der Waals surface area (Å²) in [7, 11) is -3.53. The van der Waals surface area contributed by atoms with E-state index >= 15 is 0 Å². The van der Waals surface area contributed by atoms with Crippen LogP contribution >= 0.6 is 11.3 Å². The topological polar surface area (TPSA) is 85.8 Å². The maximum absolute atomic E-state index is 13.0. The smallest absolute Gasteiger partial charge is 0.251 e. The number of amides is 1. The lowest BCUT2D eigenvalue weighted by atomic mass is 10.1. The number of anilines is 1. The first kappa shape index (κ1) is 26.1. The van der Waals surface area contributed by atoms with Crippen LogP contribution in [0, 0.1) is 6.92 Å². The number of carbonyl (C=O) groups is 1. The molecule has 3 aromatic rings. The summed E-state index contributed by atoms with van der Waals surface area (Å²) < 4.78 is 28.8. The van der Waals surface area contributed by atoms with Crippen LogP contribution in [0.5, 0.6) is 0 Å². The van der Waals surface area contributed by atoms with Crippen molar-refractivity contribution in [1.29, 1.82) is 0 Å². The molecule has 0 saturated carbocycles. The van der Waals surface area contributed by atoms with Crippen LogP contribution in [-0.4, -0.2) is 80.4 Å². The lowest BCUT2D eigenvalue weighted by Gasteiger charge is -2.34. The number of thiazole rings is 1. The fourth-order valence-electron chi connectivity index (χ4n) is 5.14. The Labute approximate surface area is 223 Å². The summed E-state index contributed by atoms with van der Waals surface area (Å²) >= 11 is 1.75. The van der Waals surface area contributed by atoms with Crippen LogP contribution in [-0.2, 0) is 10.0 Å². The van der Waals surface area contributed by atoms with Crippen LogP contribution in [0.2, 0.25) is 0 Å². The van der Waals surface area contributed by atoms with Crippen molar-refractivity contribution < 1.29 is 13.2 Å². The van der Waals surface area contributed by atoms with Crippen LogP contribution in [0.4, 0.5) is 5.13 Å². The third-order valence-corrected chi connectivity index (χ3v) is 10.5. The quantitative estimate of drug-likeness (QED) is 0.491. The van der Waals surface area contributed by atoms with Crippen LogP contribution < -0.4 is 10.2 Å². The molecule has 1 unspecified atom stereocenters. The minimum atomic E-state index is -3.53. The zero-order chi connectivity index (χ0) is 26.0. The second-order valence-electron chi connectivity index (χ2n) is 9.99. The first-order valence-electron chi connectivity index (χ1n) is 13.1. The van der Waals surface area contributed by atoms with Crippen molar-refractivity contribution in [2.24, 2.45) is 0 Å². The molecule has 1 atom stereocenters. The molecule has 10 heteroatoms. The number of benzene rings is 2. The van der Waals surface area contributed by atoms with Crippen molar-refractivity contribution in [1.82, 2.24) is 19.5 Å². The standard InChI is InChI=1S/C27H35N5O3S2/c1-20-6-5-8-24-25(20)29-27(36-24)31-18-16-30(17-19-31)15-13-28-26(33)22-9-11-23(12-10-22)37(34,35)32-14-4-3-7-21(32)2/h5-6,8-12,21H,3-4,7,13-19H2,1-2H3,(H,28,33). The predicted molar refractivity (Wildman–Crippen MR) is 149 cm³/mol. The summed E-state index contributed by atoms with van der Waals surface area (Å²) in [5.74, 6) is -0.182. The van der Waals surface area contributed by atoms with E-state index in [4.69, 9.17) is 4.98 Å². The molecular weight excluding hydrogens is 506 g/mol. The lowest BCUT2D eigenvalue weighted by molar-refractivity contribution is 0.0947. The van der Waals surface area contributed by atoms with Gasteiger partial charge < -0.3 is 10.2 Å². The number of carbonyl (C=O) groups excluding carboxylic acids is 1. The van der Waals surface area contributed by atoms with Gasteiger partial charge in [0.05, 0.1) is 15.1 Å². The Kier molecular flexibility index (Phi) is 7.80. The van der Waals surface area contributed by atoms with Crippen LogP contribution in [0.1, 0.15) is 42.1 Å². The number of fused-ring (bicyclic) bond motifs is 1. The number of sulfonamides is 1. The molecule has 198 valence electrons. The molecule has 5 rings (SSSR count). The lowest BCUT2D eigenvalue weighted by Crippen LogP contribution is -2.48. The molecule has 1 aromatic heterocycles. The Hall–Kier alpha value is -2.53. The van der Waals surface area contributed by atoms with Gasteiger partial charge in [0.1, 0.15) is 0 Å². The number of piperidine rings is 1. The summed E-state index contributed by atoms with van der Waals surface area (Å²) in [5, 5.41) is 4.06. The number of hydrogen-bond donors (Lipinski definition) is 1. The fraction of sp³-hybridized carbons (Fsp3) is 0.481. The molecule has 2 saturated heterocycles. The first-order chi connectivity index (χ1) is 17.8. The van der Waals surface area contributed by atoms with Crippen molar-refractivity contribution in [3.8, 4) is 0 Å². The zero-order valence-electron chi connectivity index (χ0n) is 21.5. The molecule has 2 aliphatic heterocycles. The average Bonchev–Trinajstić information content (AvgIpc) is 3.35. The minimum absolute atomic E-state index is 0.00833. The van der Waals surface area contributed by atoms with Gasteiger partial charge in [0, 0.05) is 57.4 Å². The van der Waals surface area contributed by atoms with Gasteiger partial charge in [-0.2, -0.15) is 4.31 Å². The Balaban J connectivity index is 1.09. The molecule has 2 fully saturated rings. The summed E-state index contributed by atoms with van der Waals surface area (Å²) in [6.45, 7) is 9.61. The molecule has 1 N–H and O–H groups in total. The molecule has 1 amide bonds. The van der Waals surface area contributed by atoms with Crippen molar-refractivity contribution in [3.05, 3.63) is 53.6 Å². The van der Waals surface area contributed by atoms with Gasteiger partial charge in [0.15, 0.2) is 5.13 Å². The van der Waals surface area contributed by atoms with Gasteiger partial charge in [-0.05, 0) is 62.6 Å². The largest absolute Gasteiger partial charge is 0.351 e. The summed E-state index contributed by atoms with van der Waals surface area (Å²) in [5.41, 5.74) is 2.78. The Morgan fingerprint density at radius 1 is 1.05 bits per heavy atom. The van der Waals surface area contributed by atoms with E-state index in [-0.39, 0.29) is 16.8 Å². The van der Waals surface area contributed by atoms with E-state index in [0.29, 0.717) is 18.7 Å². The fourth-order valence-corrected chi connectivity index (χ4v) is 7.94. The SMILES string of the molecule is Cc1cccc2sc(N3CCN(CCNC(=O)c4ccc(S(=O)(=O)N5CCCCC5C)cc4)CC3)nc12. The van der Waals surface area contributed by atoms with E-state index < -0.39 is 10.0 Å². The number of aromatic nitrogens is 1. The number of rotatable bonds is 7. The highest BCUT2D eigenvalue weighted by molar-refractivity contribution is 7.89. The van der Waals surface area contributed by atoms with E-state index in [2.05, 4.69) is 40.2 Å². The van der Waals surface area contributed by atoms with E-state index in [1.807, 2.05) is 6.92 Å². The molecule has 2 aliphatic rings. The van der Waals surface area contributed by atoms with Crippen molar-refractivity contribution >= 4 is 42.6 Å². The molecular formula is C27H35N5O3S2. The molecule has 8 nitrogen and oxygen atoms in total. The maximum Gasteiger partial charge on any atom is 0.251 e. The molecule has 37 heavy (non-hydrogen) atoms. The number of para-hydroxylation sites is 1. The maximum atomic E-state index is 13.0. The Bertz CT molecular complexity index is 1350. The molecule has 0 aliphatic carbocycles. The highest BCUT2D eigenvalue weighted by Crippen LogP contribution is 2.31. The molecule has 3 heterocycles. The predicted octanol–water partition coefficient (Wildman–Crippen LogP) is 3.72. The Morgan fingerprint density at radius 3 is 2.51 bits per heavy atom. The number of aryl methyl sites for hydroxylation is 1. The van der Waals surface area contributed by atoms with Gasteiger partial charge in [-0.25, -0.2) is 13.4 Å². The van der Waals surface area contributed by atoms with Crippen molar-refractivity contribution in [3.63, 3.8) is 0 Å². The summed E-state index contributed by atoms with van der Waals surface area (Å²) in [6.07, 6.45) is 2.84. The first-order valence-corrected chi connectivity index (χ1v) is 15.3.